The molecule has 3 nitrogen and oxygen atoms in total. The van der Waals surface area contributed by atoms with Gasteiger partial charge in [-0.3, -0.25) is 0 Å². The molecule has 0 fully saturated rings. The van der Waals surface area contributed by atoms with Gasteiger partial charge in [0, 0.05) is 5.56 Å². The van der Waals surface area contributed by atoms with Crippen molar-refractivity contribution in [2.75, 3.05) is 13.7 Å². The van der Waals surface area contributed by atoms with Gasteiger partial charge in [0.2, 0.25) is 0 Å². The first-order valence-corrected chi connectivity index (χ1v) is 3.87. The molecule has 2 rings (SSSR count). The monoisotopic (exact) mass is 165 g/mol. The van der Waals surface area contributed by atoms with E-state index in [9.17, 15) is 0 Å². The van der Waals surface area contributed by atoms with Gasteiger partial charge in [-0.25, -0.2) is 0 Å². The van der Waals surface area contributed by atoms with Crippen LogP contribution in [0.3, 0.4) is 0 Å². The summed E-state index contributed by atoms with van der Waals surface area (Å²) in [5, 5.41) is 0. The summed E-state index contributed by atoms with van der Waals surface area (Å²) in [5.74, 6) is 1.71. The average Bonchev–Trinajstić information content (AvgIpc) is 2.47. The maximum absolute atomic E-state index is 5.79. The van der Waals surface area contributed by atoms with Crippen LogP contribution in [0.5, 0.6) is 11.5 Å². The van der Waals surface area contributed by atoms with E-state index < -0.39 is 0 Å². The Labute approximate surface area is 71.1 Å². The Bertz CT molecular complexity index is 299. The Hall–Kier alpha value is -1.22. The van der Waals surface area contributed by atoms with Gasteiger partial charge in [-0.05, 0) is 18.2 Å². The molecule has 1 unspecified atom stereocenters. The number of hydrogen-bond donors (Lipinski definition) is 1. The Morgan fingerprint density at radius 1 is 1.58 bits per heavy atom. The molecule has 1 aliphatic heterocycles. The molecule has 1 aromatic carbocycles. The molecule has 1 aliphatic rings. The van der Waals surface area contributed by atoms with E-state index in [4.69, 9.17) is 15.2 Å². The van der Waals surface area contributed by atoms with Crippen LogP contribution in [0.2, 0.25) is 0 Å². The molecule has 0 spiro atoms. The number of rotatable bonds is 1. The van der Waals surface area contributed by atoms with E-state index in [1.165, 1.54) is 0 Å². The second-order valence-electron chi connectivity index (χ2n) is 2.82. The number of fused-ring (bicyclic) bond motifs is 1. The van der Waals surface area contributed by atoms with Crippen molar-refractivity contribution < 1.29 is 9.47 Å². The maximum Gasteiger partial charge on any atom is 0.124 e. The molecule has 0 aliphatic carbocycles. The van der Waals surface area contributed by atoms with Crippen LogP contribution >= 0.6 is 0 Å². The predicted molar refractivity (Wildman–Crippen MR) is 45.4 cm³/mol. The smallest absolute Gasteiger partial charge is 0.124 e. The molecule has 0 amide bonds. The lowest BCUT2D eigenvalue weighted by Gasteiger charge is -2.03. The van der Waals surface area contributed by atoms with Crippen molar-refractivity contribution in [2.45, 2.75) is 6.04 Å². The molecular weight excluding hydrogens is 154 g/mol. The van der Waals surface area contributed by atoms with E-state index in [1.807, 2.05) is 18.2 Å². The van der Waals surface area contributed by atoms with Gasteiger partial charge in [-0.2, -0.15) is 0 Å². The fraction of sp³-hybridized carbons (Fsp3) is 0.333. The van der Waals surface area contributed by atoms with Gasteiger partial charge in [-0.1, -0.05) is 0 Å². The van der Waals surface area contributed by atoms with Gasteiger partial charge >= 0.3 is 0 Å². The summed E-state index contributed by atoms with van der Waals surface area (Å²) in [6, 6.07) is 5.68. The van der Waals surface area contributed by atoms with Gasteiger partial charge in [0.15, 0.2) is 0 Å². The maximum atomic E-state index is 5.79. The van der Waals surface area contributed by atoms with E-state index >= 15 is 0 Å². The minimum atomic E-state index is -0.00454. The highest BCUT2D eigenvalue weighted by Crippen LogP contribution is 2.33. The molecule has 1 heterocycles. The Kier molecular flexibility index (Phi) is 1.66. The van der Waals surface area contributed by atoms with Gasteiger partial charge < -0.3 is 15.2 Å². The van der Waals surface area contributed by atoms with Crippen LogP contribution in [-0.4, -0.2) is 13.7 Å². The lowest BCUT2D eigenvalue weighted by atomic mass is 10.1. The van der Waals surface area contributed by atoms with Crippen LogP contribution in [0.15, 0.2) is 18.2 Å². The van der Waals surface area contributed by atoms with Crippen LogP contribution in [0, 0.1) is 0 Å². The molecule has 2 N–H and O–H groups in total. The molecule has 0 bridgehead atoms. The molecule has 1 atom stereocenters. The number of benzene rings is 1. The fourth-order valence-electron chi connectivity index (χ4n) is 1.34. The van der Waals surface area contributed by atoms with Crippen LogP contribution in [0.4, 0.5) is 0 Å². The van der Waals surface area contributed by atoms with Gasteiger partial charge in [0.05, 0.1) is 13.2 Å². The molecule has 3 heteroatoms. The van der Waals surface area contributed by atoms with Crippen LogP contribution in [-0.2, 0) is 0 Å². The number of ether oxygens (including phenoxy) is 2. The van der Waals surface area contributed by atoms with Crippen molar-refractivity contribution in [3.05, 3.63) is 23.8 Å². The second-order valence-corrected chi connectivity index (χ2v) is 2.82. The predicted octanol–water partition coefficient (Wildman–Crippen LogP) is 1.09. The Morgan fingerprint density at radius 3 is 3.17 bits per heavy atom. The lowest BCUT2D eigenvalue weighted by molar-refractivity contribution is 0.333. The standard InChI is InChI=1S/C9H11NO2/c1-11-6-2-3-9-7(4-6)8(10)5-12-9/h2-4,8H,5,10H2,1H3. The second kappa shape index (κ2) is 2.68. The molecule has 12 heavy (non-hydrogen) atoms. The molecular formula is C9H11NO2. The van der Waals surface area contributed by atoms with Crippen LogP contribution in [0.1, 0.15) is 11.6 Å². The number of nitrogens with two attached hydrogens (primary N) is 1. The highest BCUT2D eigenvalue weighted by Gasteiger charge is 2.20. The van der Waals surface area contributed by atoms with E-state index in [0.717, 1.165) is 17.1 Å². The third-order valence-electron chi connectivity index (χ3n) is 2.03. The van der Waals surface area contributed by atoms with Crippen LogP contribution in [0.25, 0.3) is 0 Å². The highest BCUT2D eigenvalue weighted by atomic mass is 16.5. The topological polar surface area (TPSA) is 44.5 Å². The molecule has 1 aromatic rings. The summed E-state index contributed by atoms with van der Waals surface area (Å²) in [7, 11) is 1.64. The van der Waals surface area contributed by atoms with Crippen LogP contribution < -0.4 is 15.2 Å². The summed E-state index contributed by atoms with van der Waals surface area (Å²) in [6.45, 7) is 0.572. The largest absolute Gasteiger partial charge is 0.497 e. The van der Waals surface area contributed by atoms with E-state index in [0.29, 0.717) is 6.61 Å². The summed E-state index contributed by atoms with van der Waals surface area (Å²) < 4.78 is 10.4. The summed E-state index contributed by atoms with van der Waals surface area (Å²) in [4.78, 5) is 0. The third kappa shape index (κ3) is 1.02. The van der Waals surface area contributed by atoms with Crippen molar-refractivity contribution >= 4 is 0 Å². The van der Waals surface area contributed by atoms with E-state index in [2.05, 4.69) is 0 Å². The molecule has 0 saturated carbocycles. The van der Waals surface area contributed by atoms with E-state index in [-0.39, 0.29) is 6.04 Å². The zero-order valence-corrected chi connectivity index (χ0v) is 6.91. The first-order valence-electron chi connectivity index (χ1n) is 3.87. The van der Waals surface area contributed by atoms with E-state index in [1.54, 1.807) is 7.11 Å². The lowest BCUT2D eigenvalue weighted by Crippen LogP contribution is -2.10. The van der Waals surface area contributed by atoms with Crippen molar-refractivity contribution in [1.82, 2.24) is 0 Å². The summed E-state index contributed by atoms with van der Waals surface area (Å²) >= 11 is 0. The molecule has 64 valence electrons. The number of methoxy groups -OCH3 is 1. The van der Waals surface area contributed by atoms with Crippen molar-refractivity contribution in [3.8, 4) is 11.5 Å². The van der Waals surface area contributed by atoms with Gasteiger partial charge in [0.25, 0.3) is 0 Å². The molecule has 0 radical (unpaired) electrons. The molecule has 0 saturated heterocycles. The highest BCUT2D eigenvalue weighted by molar-refractivity contribution is 5.44. The Balaban J connectivity index is 2.43. The van der Waals surface area contributed by atoms with Gasteiger partial charge in [-0.15, -0.1) is 0 Å². The summed E-state index contributed by atoms with van der Waals surface area (Å²) in [6.07, 6.45) is 0. The number of hydrogen-bond acceptors (Lipinski definition) is 3. The molecule has 0 aromatic heterocycles. The van der Waals surface area contributed by atoms with Gasteiger partial charge in [0.1, 0.15) is 18.1 Å². The van der Waals surface area contributed by atoms with Crippen molar-refractivity contribution in [1.29, 1.82) is 0 Å². The normalized spacial score (nSPS) is 20.0. The first-order chi connectivity index (χ1) is 5.81. The average molecular weight is 165 g/mol. The third-order valence-corrected chi connectivity index (χ3v) is 2.03. The first kappa shape index (κ1) is 7.43. The minimum absolute atomic E-state index is 0.00454. The zero-order valence-electron chi connectivity index (χ0n) is 6.91. The minimum Gasteiger partial charge on any atom is -0.497 e. The van der Waals surface area contributed by atoms with Crippen molar-refractivity contribution in [3.63, 3.8) is 0 Å². The summed E-state index contributed by atoms with van der Waals surface area (Å²) in [5.41, 5.74) is 6.83. The Morgan fingerprint density at radius 2 is 2.42 bits per heavy atom. The SMILES string of the molecule is COc1ccc2c(c1)C(N)CO2. The quantitative estimate of drug-likeness (QED) is 0.677. The fourth-order valence-corrected chi connectivity index (χ4v) is 1.34. The zero-order chi connectivity index (χ0) is 8.55. The van der Waals surface area contributed by atoms with Crippen molar-refractivity contribution in [2.24, 2.45) is 5.73 Å².